The molecule has 2 aliphatic rings. The Morgan fingerprint density at radius 3 is 2.36 bits per heavy atom. The van der Waals surface area contributed by atoms with Gasteiger partial charge in [0.2, 0.25) is 0 Å². The molecular weight excluding hydrogens is 538 g/mol. The molecule has 0 radical (unpaired) electrons. The second kappa shape index (κ2) is 13.3. The van der Waals surface area contributed by atoms with Gasteiger partial charge in [-0.05, 0) is 92.3 Å². The first-order valence-corrected chi connectivity index (χ1v) is 14.1. The average Bonchev–Trinajstić information content (AvgIpc) is 2.99. The average molecular weight is 578 g/mol. The zero-order chi connectivity index (χ0) is 30.3. The molecule has 1 saturated carbocycles. The summed E-state index contributed by atoms with van der Waals surface area (Å²) in [5.41, 5.74) is 2.83. The summed E-state index contributed by atoms with van der Waals surface area (Å²) in [6.45, 7) is 1.41. The van der Waals surface area contributed by atoms with Crippen molar-refractivity contribution in [1.29, 1.82) is 0 Å². The number of rotatable bonds is 10. The summed E-state index contributed by atoms with van der Waals surface area (Å²) < 4.78 is 20.1. The molecule has 0 amide bonds. The maximum absolute atomic E-state index is 12.1. The van der Waals surface area contributed by atoms with Crippen LogP contribution in [0.15, 0.2) is 42.5 Å². The number of hydrogen-bond donors (Lipinski definition) is 1. The van der Waals surface area contributed by atoms with Crippen molar-refractivity contribution in [3.8, 4) is 17.6 Å². The highest BCUT2D eigenvalue weighted by atomic mass is 16.6. The van der Waals surface area contributed by atoms with Crippen molar-refractivity contribution in [2.24, 2.45) is 5.92 Å². The van der Waals surface area contributed by atoms with Crippen molar-refractivity contribution in [3.63, 3.8) is 0 Å². The van der Waals surface area contributed by atoms with Gasteiger partial charge in [-0.15, -0.1) is 5.92 Å². The number of methoxy groups -OCH3 is 3. The second-order valence-corrected chi connectivity index (χ2v) is 11.0. The molecule has 42 heavy (non-hydrogen) atoms. The number of hydrogen-bond acceptors (Lipinski definition) is 9. The second-order valence-electron chi connectivity index (χ2n) is 11.0. The SMILES string of the molecule is CC#C[C@@]1(O)CC[C@]2(Cc3cccc(N(CC(=O)OC)CC(=O)OC)c3)c3ccc(OCC(=O)OC)cc3CC[C@H]2C1. The fourth-order valence-electron chi connectivity index (χ4n) is 6.54. The summed E-state index contributed by atoms with van der Waals surface area (Å²) in [7, 11) is 3.96. The molecule has 0 aromatic heterocycles. The van der Waals surface area contributed by atoms with Crippen molar-refractivity contribution in [1.82, 2.24) is 0 Å². The molecule has 2 aliphatic carbocycles. The quantitative estimate of drug-likeness (QED) is 0.258. The van der Waals surface area contributed by atoms with Crippen LogP contribution in [0.1, 0.15) is 49.3 Å². The highest BCUT2D eigenvalue weighted by Crippen LogP contribution is 2.54. The number of aryl methyl sites for hydroxylation is 1. The Morgan fingerprint density at radius 1 is 0.976 bits per heavy atom. The van der Waals surface area contributed by atoms with Crippen molar-refractivity contribution >= 4 is 23.6 Å². The first-order chi connectivity index (χ1) is 20.1. The van der Waals surface area contributed by atoms with Gasteiger partial charge in [-0.2, -0.15) is 0 Å². The van der Waals surface area contributed by atoms with Gasteiger partial charge in [0.1, 0.15) is 24.4 Å². The maximum Gasteiger partial charge on any atom is 0.343 e. The fourth-order valence-corrected chi connectivity index (χ4v) is 6.54. The van der Waals surface area contributed by atoms with E-state index in [1.165, 1.54) is 26.9 Å². The molecule has 0 heterocycles. The Morgan fingerprint density at radius 2 is 1.69 bits per heavy atom. The van der Waals surface area contributed by atoms with Gasteiger partial charge in [0.25, 0.3) is 0 Å². The first kappa shape index (κ1) is 30.9. The van der Waals surface area contributed by atoms with Crippen LogP contribution in [0.5, 0.6) is 5.75 Å². The van der Waals surface area contributed by atoms with E-state index in [-0.39, 0.29) is 31.0 Å². The van der Waals surface area contributed by atoms with Gasteiger partial charge in [0.15, 0.2) is 6.61 Å². The van der Waals surface area contributed by atoms with Crippen molar-refractivity contribution in [2.75, 3.05) is 45.9 Å². The molecule has 0 bridgehead atoms. The summed E-state index contributed by atoms with van der Waals surface area (Å²) in [4.78, 5) is 37.6. The number of carbonyl (C=O) groups is 3. The monoisotopic (exact) mass is 577 g/mol. The van der Waals surface area contributed by atoms with Crippen LogP contribution in [-0.2, 0) is 46.9 Å². The molecule has 2 aromatic rings. The van der Waals surface area contributed by atoms with Gasteiger partial charge in [0, 0.05) is 11.1 Å². The summed E-state index contributed by atoms with van der Waals surface area (Å²) >= 11 is 0. The lowest BCUT2D eigenvalue weighted by atomic mass is 9.52. The minimum absolute atomic E-state index is 0.0945. The third kappa shape index (κ3) is 6.88. The lowest BCUT2D eigenvalue weighted by Crippen LogP contribution is -2.50. The minimum Gasteiger partial charge on any atom is -0.482 e. The van der Waals surface area contributed by atoms with Crippen LogP contribution in [0.2, 0.25) is 0 Å². The zero-order valence-electron chi connectivity index (χ0n) is 24.7. The van der Waals surface area contributed by atoms with E-state index in [0.29, 0.717) is 30.7 Å². The molecule has 0 saturated heterocycles. The first-order valence-electron chi connectivity index (χ1n) is 14.1. The van der Waals surface area contributed by atoms with E-state index in [2.05, 4.69) is 24.0 Å². The molecule has 4 rings (SSSR count). The Kier molecular flexibility index (Phi) is 9.79. The number of aliphatic hydroxyl groups is 1. The Bertz CT molecular complexity index is 1360. The summed E-state index contributed by atoms with van der Waals surface area (Å²) in [6, 6.07) is 13.8. The van der Waals surface area contributed by atoms with Gasteiger partial charge in [-0.1, -0.05) is 24.1 Å². The van der Waals surface area contributed by atoms with E-state index in [0.717, 1.165) is 30.4 Å². The van der Waals surface area contributed by atoms with Crippen LogP contribution in [0.4, 0.5) is 5.69 Å². The number of esters is 3. The summed E-state index contributed by atoms with van der Waals surface area (Å²) in [5.74, 6) is 5.40. The topological polar surface area (TPSA) is 112 Å². The Labute approximate surface area is 247 Å². The molecule has 1 fully saturated rings. The highest BCUT2D eigenvalue weighted by molar-refractivity contribution is 5.81. The molecule has 2 aromatic carbocycles. The highest BCUT2D eigenvalue weighted by Gasteiger charge is 2.51. The normalized spacial score (nSPS) is 22.4. The van der Waals surface area contributed by atoms with Crippen molar-refractivity contribution in [2.45, 2.75) is 56.5 Å². The van der Waals surface area contributed by atoms with E-state index in [9.17, 15) is 19.5 Å². The molecule has 0 spiro atoms. The Hall–Kier alpha value is -4.03. The lowest BCUT2D eigenvalue weighted by molar-refractivity contribution is -0.143. The van der Waals surface area contributed by atoms with E-state index in [4.69, 9.17) is 18.9 Å². The van der Waals surface area contributed by atoms with E-state index >= 15 is 0 Å². The van der Waals surface area contributed by atoms with Gasteiger partial charge in [0.05, 0.1) is 21.3 Å². The zero-order valence-corrected chi connectivity index (χ0v) is 24.7. The standard InChI is InChI=1S/C33H39NO8/c1-5-13-32(38)14-15-33(18-23-7-6-8-26(16-23)34(20-29(35)39-2)21-30(36)40-3)25(19-32)10-9-24-17-27(11-12-28(24)33)42-22-31(37)41-4/h6-8,11-12,16-17,25,38H,9-10,14-15,18-22H2,1-4H3/t25-,32+,33+/m0/s1. The predicted molar refractivity (Wildman–Crippen MR) is 156 cm³/mol. The van der Waals surface area contributed by atoms with Crippen molar-refractivity contribution in [3.05, 3.63) is 59.2 Å². The van der Waals surface area contributed by atoms with Crippen LogP contribution in [0.3, 0.4) is 0 Å². The maximum atomic E-state index is 12.1. The van der Waals surface area contributed by atoms with E-state index < -0.39 is 23.5 Å². The number of carbonyl (C=O) groups excluding carboxylic acids is 3. The van der Waals surface area contributed by atoms with Crippen molar-refractivity contribution < 1.29 is 38.4 Å². The molecule has 9 nitrogen and oxygen atoms in total. The van der Waals surface area contributed by atoms with Gasteiger partial charge >= 0.3 is 17.9 Å². The lowest BCUT2D eigenvalue weighted by Gasteiger charge is -2.52. The van der Waals surface area contributed by atoms with Crippen LogP contribution >= 0.6 is 0 Å². The number of fused-ring (bicyclic) bond motifs is 3. The van der Waals surface area contributed by atoms with E-state index in [1.54, 1.807) is 11.8 Å². The number of benzene rings is 2. The number of nitrogens with zero attached hydrogens (tertiary/aromatic N) is 1. The number of anilines is 1. The molecule has 1 N–H and O–H groups in total. The van der Waals surface area contributed by atoms with E-state index in [1.807, 2.05) is 30.3 Å². The predicted octanol–water partition coefficient (Wildman–Crippen LogP) is 3.37. The molecular formula is C33H39NO8. The van der Waals surface area contributed by atoms with Crippen LogP contribution in [0, 0.1) is 17.8 Å². The third-order valence-electron chi connectivity index (χ3n) is 8.56. The van der Waals surface area contributed by atoms with Gasteiger partial charge < -0.3 is 29.0 Å². The molecule has 3 atom stereocenters. The van der Waals surface area contributed by atoms with Crippen LogP contribution in [0.25, 0.3) is 0 Å². The van der Waals surface area contributed by atoms with Crippen LogP contribution in [-0.4, -0.2) is 69.6 Å². The fraction of sp³-hybridized carbons (Fsp3) is 0.485. The molecule has 224 valence electrons. The third-order valence-corrected chi connectivity index (χ3v) is 8.56. The van der Waals surface area contributed by atoms with Crippen LogP contribution < -0.4 is 9.64 Å². The summed E-state index contributed by atoms with van der Waals surface area (Å²) in [6.07, 6.45) is 4.24. The Balaban J connectivity index is 1.71. The molecule has 9 heteroatoms. The summed E-state index contributed by atoms with van der Waals surface area (Å²) in [5, 5.41) is 11.3. The number of ether oxygens (including phenoxy) is 4. The van der Waals surface area contributed by atoms with Gasteiger partial charge in [-0.3, -0.25) is 9.59 Å². The smallest absolute Gasteiger partial charge is 0.343 e. The van der Waals surface area contributed by atoms with Gasteiger partial charge in [-0.25, -0.2) is 4.79 Å². The largest absolute Gasteiger partial charge is 0.482 e. The molecule has 0 unspecified atom stereocenters. The minimum atomic E-state index is -1.02. The molecule has 0 aliphatic heterocycles.